The van der Waals surface area contributed by atoms with E-state index in [4.69, 9.17) is 5.10 Å². The molecule has 0 spiro atoms. The van der Waals surface area contributed by atoms with E-state index >= 15 is 0 Å². The zero-order valence-electron chi connectivity index (χ0n) is 18.4. The van der Waals surface area contributed by atoms with Crippen LogP contribution in [0.25, 0.3) is 16.9 Å². The highest BCUT2D eigenvalue weighted by Gasteiger charge is 2.18. The normalized spacial score (nSPS) is 11.1. The summed E-state index contributed by atoms with van der Waals surface area (Å²) < 4.78 is 5.80. The van der Waals surface area contributed by atoms with Gasteiger partial charge in [0.15, 0.2) is 12.4 Å². The van der Waals surface area contributed by atoms with Crippen molar-refractivity contribution in [2.45, 2.75) is 26.9 Å². The quantitative estimate of drug-likeness (QED) is 0.274. The molecular weight excluding hydrogens is 432 g/mol. The van der Waals surface area contributed by atoms with Crippen molar-refractivity contribution in [3.63, 3.8) is 0 Å². The summed E-state index contributed by atoms with van der Waals surface area (Å²) >= 11 is 1.47. The van der Waals surface area contributed by atoms with Crippen molar-refractivity contribution in [2.24, 2.45) is 0 Å². The number of ketones is 1. The molecule has 0 radical (unpaired) electrons. The molecule has 33 heavy (non-hydrogen) atoms. The van der Waals surface area contributed by atoms with Crippen LogP contribution in [0.2, 0.25) is 0 Å². The van der Waals surface area contributed by atoms with Gasteiger partial charge in [-0.25, -0.2) is 4.68 Å². The predicted molar refractivity (Wildman–Crippen MR) is 126 cm³/mol. The van der Waals surface area contributed by atoms with Crippen LogP contribution in [0.3, 0.4) is 0 Å². The summed E-state index contributed by atoms with van der Waals surface area (Å²) in [7, 11) is 0. The summed E-state index contributed by atoms with van der Waals surface area (Å²) in [6.07, 6.45) is 7.42. The monoisotopic (exact) mass is 455 g/mol. The first-order valence-electron chi connectivity index (χ1n) is 10.6. The predicted octanol–water partition coefficient (Wildman–Crippen LogP) is 4.03. The Morgan fingerprint density at radius 2 is 1.91 bits per heavy atom. The maximum absolute atomic E-state index is 12.6. The smallest absolute Gasteiger partial charge is 0.237 e. The molecule has 164 valence electrons. The molecule has 0 saturated carbocycles. The van der Waals surface area contributed by atoms with Gasteiger partial charge >= 0.3 is 0 Å². The average molecular weight is 456 g/mol. The molecule has 5 heterocycles. The molecule has 5 aromatic rings. The molecule has 0 bridgehead atoms. The minimum Gasteiger partial charge on any atom is -0.286 e. The topological polar surface area (TPSA) is 69.5 Å². The Morgan fingerprint density at radius 3 is 2.64 bits per heavy atom. The Hall–Kier alpha value is -3.91. The maximum Gasteiger partial charge on any atom is 0.237 e. The highest BCUT2D eigenvalue weighted by molar-refractivity contribution is 7.12. The number of aromatic nitrogens is 6. The molecule has 0 fully saturated rings. The van der Waals surface area contributed by atoms with E-state index < -0.39 is 0 Å². The number of carbonyl (C=O) groups is 1. The van der Waals surface area contributed by atoms with Crippen molar-refractivity contribution in [1.82, 2.24) is 24.5 Å². The zero-order chi connectivity index (χ0) is 22.8. The highest BCUT2D eigenvalue weighted by atomic mass is 32.1. The second kappa shape index (κ2) is 8.91. The van der Waals surface area contributed by atoms with Gasteiger partial charge in [-0.1, -0.05) is 6.07 Å². The third-order valence-corrected chi connectivity index (χ3v) is 6.27. The number of nitrogens with zero attached hydrogens (tertiary/aromatic N) is 6. The molecule has 0 atom stereocenters. The van der Waals surface area contributed by atoms with Crippen LogP contribution in [0, 0.1) is 13.8 Å². The lowest BCUT2D eigenvalue weighted by Crippen LogP contribution is -2.37. The minimum absolute atomic E-state index is 0.0972. The van der Waals surface area contributed by atoms with Gasteiger partial charge in [0.05, 0.1) is 39.8 Å². The SMILES string of the molecule is Cc1cc(C)n(Cc2cc(-c3ccc[n+](CC(=O)c4cccs4)c3)n(-c3ccncc3)n2)n1. The molecule has 0 aliphatic carbocycles. The highest BCUT2D eigenvalue weighted by Crippen LogP contribution is 2.23. The molecule has 0 N–H and O–H groups in total. The van der Waals surface area contributed by atoms with Crippen LogP contribution in [-0.2, 0) is 13.1 Å². The standard InChI is InChI=1S/C25H23N6OS/c1-18-13-19(2)30(27-18)16-21-14-23(31(28-21)22-7-9-26-10-8-22)20-5-3-11-29(15-20)17-24(32)25-6-4-12-33-25/h3-15H,16-17H2,1-2H3/q+1. The van der Waals surface area contributed by atoms with Crippen LogP contribution in [-0.4, -0.2) is 30.3 Å². The van der Waals surface area contributed by atoms with Crippen LogP contribution in [0.4, 0.5) is 0 Å². The number of carbonyl (C=O) groups excluding carboxylic acids is 1. The third-order valence-electron chi connectivity index (χ3n) is 5.36. The first-order valence-corrected chi connectivity index (χ1v) is 11.5. The van der Waals surface area contributed by atoms with E-state index in [1.165, 1.54) is 11.3 Å². The fourth-order valence-electron chi connectivity index (χ4n) is 3.84. The van der Waals surface area contributed by atoms with Crippen molar-refractivity contribution in [3.05, 3.63) is 101 Å². The number of hydrogen-bond donors (Lipinski definition) is 0. The van der Waals surface area contributed by atoms with Gasteiger partial charge < -0.3 is 0 Å². The number of Topliss-reactive ketones (excluding diaryl/α,β-unsaturated/α-hetero) is 1. The van der Waals surface area contributed by atoms with Gasteiger partial charge in [-0.3, -0.25) is 14.5 Å². The molecule has 5 rings (SSSR count). The van der Waals surface area contributed by atoms with Crippen LogP contribution in [0.1, 0.15) is 26.8 Å². The number of hydrogen-bond acceptors (Lipinski definition) is 5. The third kappa shape index (κ3) is 4.51. The van der Waals surface area contributed by atoms with Gasteiger partial charge in [-0.05, 0) is 55.6 Å². The lowest BCUT2D eigenvalue weighted by Gasteiger charge is -2.06. The van der Waals surface area contributed by atoms with Crippen LogP contribution in [0.15, 0.2) is 78.7 Å². The average Bonchev–Trinajstić information content (AvgIpc) is 3.56. The van der Waals surface area contributed by atoms with Crippen molar-refractivity contribution >= 4 is 17.1 Å². The summed E-state index contributed by atoms with van der Waals surface area (Å²) in [6, 6.07) is 15.8. The Balaban J connectivity index is 1.52. The lowest BCUT2D eigenvalue weighted by atomic mass is 10.2. The Kier molecular flexibility index (Phi) is 5.66. The van der Waals surface area contributed by atoms with Gasteiger partial charge in [0.1, 0.15) is 0 Å². The number of pyridine rings is 2. The molecule has 0 aliphatic rings. The molecule has 7 nitrogen and oxygen atoms in total. The summed E-state index contributed by atoms with van der Waals surface area (Å²) in [4.78, 5) is 17.5. The van der Waals surface area contributed by atoms with Gasteiger partial charge in [-0.2, -0.15) is 14.8 Å². The molecule has 0 unspecified atom stereocenters. The van der Waals surface area contributed by atoms with Crippen LogP contribution >= 0.6 is 11.3 Å². The maximum atomic E-state index is 12.6. The molecule has 5 aromatic heterocycles. The first kappa shape index (κ1) is 21.0. The van der Waals surface area contributed by atoms with Crippen LogP contribution in [0.5, 0.6) is 0 Å². The lowest BCUT2D eigenvalue weighted by molar-refractivity contribution is -0.682. The van der Waals surface area contributed by atoms with Crippen molar-refractivity contribution in [2.75, 3.05) is 0 Å². The van der Waals surface area contributed by atoms with E-state index in [0.717, 1.165) is 38.9 Å². The number of aryl methyl sites for hydroxylation is 2. The summed E-state index contributed by atoms with van der Waals surface area (Å²) in [5.74, 6) is 0.0972. The molecule has 0 saturated heterocycles. The fraction of sp³-hybridized carbons (Fsp3) is 0.160. The summed E-state index contributed by atoms with van der Waals surface area (Å²) in [5.41, 5.74) is 5.82. The Morgan fingerprint density at radius 1 is 1.06 bits per heavy atom. The molecule has 0 aromatic carbocycles. The largest absolute Gasteiger partial charge is 0.286 e. The second-order valence-corrected chi connectivity index (χ2v) is 8.84. The molecular formula is C25H23N6OS+. The van der Waals surface area contributed by atoms with E-state index in [0.29, 0.717) is 6.54 Å². The number of rotatable bonds is 7. The Labute approximate surface area is 195 Å². The molecule has 8 heteroatoms. The fourth-order valence-corrected chi connectivity index (χ4v) is 4.49. The van der Waals surface area contributed by atoms with Gasteiger partial charge in [0.25, 0.3) is 0 Å². The van der Waals surface area contributed by atoms with Crippen molar-refractivity contribution in [1.29, 1.82) is 0 Å². The van der Waals surface area contributed by atoms with E-state index in [2.05, 4.69) is 22.2 Å². The van der Waals surface area contributed by atoms with E-state index in [1.807, 2.05) is 82.0 Å². The molecule has 0 amide bonds. The van der Waals surface area contributed by atoms with Gasteiger partial charge in [0, 0.05) is 24.2 Å². The summed E-state index contributed by atoms with van der Waals surface area (Å²) in [6.45, 7) is 4.90. The molecule has 0 aliphatic heterocycles. The second-order valence-electron chi connectivity index (χ2n) is 7.89. The van der Waals surface area contributed by atoms with E-state index in [-0.39, 0.29) is 12.3 Å². The summed E-state index contributed by atoms with van der Waals surface area (Å²) in [5, 5.41) is 11.4. The van der Waals surface area contributed by atoms with Gasteiger partial charge in [-0.15, -0.1) is 11.3 Å². The minimum atomic E-state index is 0.0972. The Bertz CT molecular complexity index is 1400. The van der Waals surface area contributed by atoms with E-state index in [1.54, 1.807) is 12.4 Å². The zero-order valence-corrected chi connectivity index (χ0v) is 19.2. The van der Waals surface area contributed by atoms with Gasteiger partial charge in [0.2, 0.25) is 12.3 Å². The number of thiophene rings is 1. The van der Waals surface area contributed by atoms with E-state index in [9.17, 15) is 4.79 Å². The van der Waals surface area contributed by atoms with Crippen molar-refractivity contribution < 1.29 is 9.36 Å². The van der Waals surface area contributed by atoms with Crippen LogP contribution < -0.4 is 4.57 Å². The first-order chi connectivity index (χ1) is 16.1. The van der Waals surface area contributed by atoms with Crippen molar-refractivity contribution in [3.8, 4) is 16.9 Å².